The van der Waals surface area contributed by atoms with Gasteiger partial charge in [-0.25, -0.2) is 0 Å². The van der Waals surface area contributed by atoms with Crippen molar-refractivity contribution in [1.29, 1.82) is 0 Å². The molecule has 0 radical (unpaired) electrons. The third-order valence-electron chi connectivity index (χ3n) is 2.85. The second-order valence-electron chi connectivity index (χ2n) is 4.97. The molecule has 0 spiro atoms. The van der Waals surface area contributed by atoms with Crippen LogP contribution in [0.5, 0.6) is 0 Å². The maximum absolute atomic E-state index is 5.42. The first-order valence-corrected chi connectivity index (χ1v) is 5.79. The molecule has 0 saturated carbocycles. The number of hydrogen-bond acceptors (Lipinski definition) is 3. The van der Waals surface area contributed by atoms with E-state index < -0.39 is 0 Å². The minimum absolute atomic E-state index is 0.0880. The molecular weight excluding hydrogens is 202 g/mol. The number of furan rings is 1. The SMILES string of the molecule is COC(C)(C)CC(C)N[C@@H](C)c1ccco1. The highest BCUT2D eigenvalue weighted by Gasteiger charge is 2.21. The largest absolute Gasteiger partial charge is 0.468 e. The predicted octanol–water partition coefficient (Wildman–Crippen LogP) is 3.13. The molecule has 0 fully saturated rings. The van der Waals surface area contributed by atoms with Crippen LogP contribution in [0.15, 0.2) is 22.8 Å². The van der Waals surface area contributed by atoms with Crippen molar-refractivity contribution in [2.45, 2.75) is 51.8 Å². The van der Waals surface area contributed by atoms with E-state index in [1.807, 2.05) is 12.1 Å². The third-order valence-corrected chi connectivity index (χ3v) is 2.85. The van der Waals surface area contributed by atoms with Gasteiger partial charge in [0.05, 0.1) is 17.9 Å². The lowest BCUT2D eigenvalue weighted by atomic mass is 9.99. The fourth-order valence-corrected chi connectivity index (χ4v) is 1.93. The van der Waals surface area contributed by atoms with Gasteiger partial charge >= 0.3 is 0 Å². The second-order valence-corrected chi connectivity index (χ2v) is 4.97. The zero-order valence-corrected chi connectivity index (χ0v) is 10.9. The Morgan fingerprint density at radius 1 is 1.44 bits per heavy atom. The lowest BCUT2D eigenvalue weighted by Crippen LogP contribution is -2.36. The molecular formula is C13H23NO2. The molecule has 92 valence electrons. The Hall–Kier alpha value is -0.800. The van der Waals surface area contributed by atoms with E-state index in [0.717, 1.165) is 12.2 Å². The van der Waals surface area contributed by atoms with Crippen LogP contribution in [0.2, 0.25) is 0 Å². The molecule has 0 saturated heterocycles. The van der Waals surface area contributed by atoms with E-state index in [9.17, 15) is 0 Å². The van der Waals surface area contributed by atoms with Gasteiger partial charge < -0.3 is 14.5 Å². The predicted molar refractivity (Wildman–Crippen MR) is 65.4 cm³/mol. The summed E-state index contributed by atoms with van der Waals surface area (Å²) in [7, 11) is 1.75. The Kier molecular flexibility index (Phi) is 4.56. The monoisotopic (exact) mass is 225 g/mol. The number of methoxy groups -OCH3 is 1. The maximum atomic E-state index is 5.42. The number of rotatable bonds is 6. The third kappa shape index (κ3) is 3.99. The summed E-state index contributed by atoms with van der Waals surface area (Å²) in [6, 6.07) is 4.52. The van der Waals surface area contributed by atoms with E-state index in [0.29, 0.717) is 6.04 Å². The highest BCUT2D eigenvalue weighted by atomic mass is 16.5. The minimum Gasteiger partial charge on any atom is -0.468 e. The Labute approximate surface area is 98.2 Å². The van der Waals surface area contributed by atoms with E-state index in [2.05, 4.69) is 33.0 Å². The molecule has 3 nitrogen and oxygen atoms in total. The molecule has 1 unspecified atom stereocenters. The Morgan fingerprint density at radius 2 is 2.12 bits per heavy atom. The summed E-state index contributed by atoms with van der Waals surface area (Å²) in [6.07, 6.45) is 2.67. The van der Waals surface area contributed by atoms with Gasteiger partial charge in [-0.2, -0.15) is 0 Å². The molecule has 1 aromatic rings. The van der Waals surface area contributed by atoms with Gasteiger partial charge in [-0.05, 0) is 46.2 Å². The van der Waals surface area contributed by atoms with Gasteiger partial charge in [-0.15, -0.1) is 0 Å². The molecule has 0 aliphatic carbocycles. The maximum Gasteiger partial charge on any atom is 0.120 e. The van der Waals surface area contributed by atoms with Crippen LogP contribution in [-0.2, 0) is 4.74 Å². The van der Waals surface area contributed by atoms with Crippen molar-refractivity contribution >= 4 is 0 Å². The van der Waals surface area contributed by atoms with Crippen molar-refractivity contribution in [1.82, 2.24) is 5.32 Å². The molecule has 1 aromatic heterocycles. The van der Waals surface area contributed by atoms with Crippen molar-refractivity contribution < 1.29 is 9.15 Å². The van der Waals surface area contributed by atoms with Crippen LogP contribution in [0.25, 0.3) is 0 Å². The molecule has 0 aliphatic rings. The zero-order chi connectivity index (χ0) is 12.2. The summed E-state index contributed by atoms with van der Waals surface area (Å²) in [5, 5.41) is 3.50. The Morgan fingerprint density at radius 3 is 2.62 bits per heavy atom. The first-order chi connectivity index (χ1) is 7.44. The quantitative estimate of drug-likeness (QED) is 0.807. The highest BCUT2D eigenvalue weighted by molar-refractivity contribution is 5.03. The minimum atomic E-state index is -0.0880. The highest BCUT2D eigenvalue weighted by Crippen LogP contribution is 2.19. The first-order valence-electron chi connectivity index (χ1n) is 5.79. The van der Waals surface area contributed by atoms with E-state index in [-0.39, 0.29) is 11.6 Å². The van der Waals surface area contributed by atoms with Gasteiger partial charge in [0.15, 0.2) is 0 Å². The van der Waals surface area contributed by atoms with Crippen LogP contribution in [0, 0.1) is 0 Å². The van der Waals surface area contributed by atoms with Gasteiger partial charge in [0, 0.05) is 13.2 Å². The molecule has 0 aromatic carbocycles. The van der Waals surface area contributed by atoms with Crippen molar-refractivity contribution in [2.24, 2.45) is 0 Å². The van der Waals surface area contributed by atoms with Gasteiger partial charge in [0.1, 0.15) is 5.76 Å². The zero-order valence-electron chi connectivity index (χ0n) is 10.9. The van der Waals surface area contributed by atoms with Gasteiger partial charge in [0.25, 0.3) is 0 Å². The average Bonchev–Trinajstić information content (AvgIpc) is 2.69. The molecule has 1 rings (SSSR count). The first kappa shape index (κ1) is 13.3. The van der Waals surface area contributed by atoms with Crippen molar-refractivity contribution in [2.75, 3.05) is 7.11 Å². The molecule has 0 aliphatic heterocycles. The summed E-state index contributed by atoms with van der Waals surface area (Å²) < 4.78 is 10.8. The lowest BCUT2D eigenvalue weighted by Gasteiger charge is -2.28. The fourth-order valence-electron chi connectivity index (χ4n) is 1.93. The number of ether oxygens (including phenoxy) is 1. The van der Waals surface area contributed by atoms with Crippen LogP contribution in [0.4, 0.5) is 0 Å². The van der Waals surface area contributed by atoms with Crippen LogP contribution in [0.1, 0.15) is 45.9 Å². The summed E-state index contributed by atoms with van der Waals surface area (Å²) in [4.78, 5) is 0. The Balaban J connectivity index is 2.43. The molecule has 1 N–H and O–H groups in total. The molecule has 16 heavy (non-hydrogen) atoms. The topological polar surface area (TPSA) is 34.4 Å². The molecule has 0 amide bonds. The number of nitrogens with one attached hydrogen (secondary N) is 1. The van der Waals surface area contributed by atoms with Gasteiger partial charge in [-0.1, -0.05) is 0 Å². The summed E-state index contributed by atoms with van der Waals surface area (Å²) in [6.45, 7) is 8.47. The summed E-state index contributed by atoms with van der Waals surface area (Å²) in [5.41, 5.74) is -0.0880. The van der Waals surface area contributed by atoms with E-state index in [4.69, 9.17) is 9.15 Å². The van der Waals surface area contributed by atoms with Crippen LogP contribution >= 0.6 is 0 Å². The lowest BCUT2D eigenvalue weighted by molar-refractivity contribution is 0.00762. The van der Waals surface area contributed by atoms with Crippen LogP contribution < -0.4 is 5.32 Å². The Bertz CT molecular complexity index is 293. The van der Waals surface area contributed by atoms with E-state index in [1.165, 1.54) is 0 Å². The van der Waals surface area contributed by atoms with Crippen molar-refractivity contribution in [3.63, 3.8) is 0 Å². The van der Waals surface area contributed by atoms with Crippen LogP contribution in [-0.4, -0.2) is 18.8 Å². The van der Waals surface area contributed by atoms with Gasteiger partial charge in [0.2, 0.25) is 0 Å². The summed E-state index contributed by atoms with van der Waals surface area (Å²) in [5.74, 6) is 0.974. The normalized spacial score (nSPS) is 16.1. The van der Waals surface area contributed by atoms with E-state index >= 15 is 0 Å². The van der Waals surface area contributed by atoms with Crippen molar-refractivity contribution in [3.05, 3.63) is 24.2 Å². The smallest absolute Gasteiger partial charge is 0.120 e. The fraction of sp³-hybridized carbons (Fsp3) is 0.692. The average molecular weight is 225 g/mol. The van der Waals surface area contributed by atoms with Gasteiger partial charge in [-0.3, -0.25) is 0 Å². The molecule has 0 bridgehead atoms. The molecule has 1 heterocycles. The molecule has 2 atom stereocenters. The second kappa shape index (κ2) is 5.51. The number of hydrogen-bond donors (Lipinski definition) is 1. The van der Waals surface area contributed by atoms with E-state index in [1.54, 1.807) is 13.4 Å². The standard InChI is InChI=1S/C13H23NO2/c1-10(9-13(3,4)15-5)14-11(2)12-7-6-8-16-12/h6-8,10-11,14H,9H2,1-5H3/t10?,11-/m0/s1. The summed E-state index contributed by atoms with van der Waals surface area (Å²) >= 11 is 0. The molecule has 3 heteroatoms. The van der Waals surface area contributed by atoms with Crippen molar-refractivity contribution in [3.8, 4) is 0 Å². The van der Waals surface area contributed by atoms with Crippen LogP contribution in [0.3, 0.4) is 0 Å².